The van der Waals surface area contributed by atoms with E-state index in [9.17, 15) is 10.1 Å². The lowest BCUT2D eigenvalue weighted by atomic mass is 10.2. The molecule has 2 aromatic carbocycles. The van der Waals surface area contributed by atoms with Crippen molar-refractivity contribution in [2.24, 2.45) is 5.10 Å². The molecule has 2 aromatic rings. The topological polar surface area (TPSA) is 67.5 Å². The number of anilines is 1. The van der Waals surface area contributed by atoms with Gasteiger partial charge >= 0.3 is 0 Å². The summed E-state index contributed by atoms with van der Waals surface area (Å²) in [7, 11) is 0. The van der Waals surface area contributed by atoms with E-state index in [2.05, 4.69) is 10.5 Å². The van der Waals surface area contributed by atoms with Gasteiger partial charge in [-0.25, -0.2) is 0 Å². The van der Waals surface area contributed by atoms with Gasteiger partial charge < -0.3 is 0 Å². The van der Waals surface area contributed by atoms with Crippen LogP contribution in [0.5, 0.6) is 0 Å². The van der Waals surface area contributed by atoms with Gasteiger partial charge in [-0.3, -0.25) is 15.5 Å². The van der Waals surface area contributed by atoms with Gasteiger partial charge in [0.05, 0.1) is 16.8 Å². The fourth-order valence-electron chi connectivity index (χ4n) is 1.59. The van der Waals surface area contributed by atoms with Gasteiger partial charge in [-0.05, 0) is 18.6 Å². The van der Waals surface area contributed by atoms with Crippen LogP contribution in [-0.2, 0) is 0 Å². The summed E-state index contributed by atoms with van der Waals surface area (Å²) in [5, 5.41) is 14.7. The maximum absolute atomic E-state index is 10.6. The lowest BCUT2D eigenvalue weighted by Crippen LogP contribution is -1.94. The highest BCUT2D eigenvalue weighted by Gasteiger charge is 2.03. The Hall–Kier alpha value is -2.69. The molecule has 0 unspecified atom stereocenters. The molecule has 5 heteroatoms. The van der Waals surface area contributed by atoms with Gasteiger partial charge in [0, 0.05) is 17.7 Å². The predicted molar refractivity (Wildman–Crippen MR) is 75.5 cm³/mol. The summed E-state index contributed by atoms with van der Waals surface area (Å²) < 4.78 is 0. The molecule has 0 aromatic heterocycles. The lowest BCUT2D eigenvalue weighted by Gasteiger charge is -2.03. The Kier molecular flexibility index (Phi) is 3.87. The van der Waals surface area contributed by atoms with Gasteiger partial charge in [0.1, 0.15) is 0 Å². The zero-order chi connectivity index (χ0) is 13.7. The quantitative estimate of drug-likeness (QED) is 0.517. The van der Waals surface area contributed by atoms with Gasteiger partial charge in [-0.15, -0.1) is 0 Å². The van der Waals surface area contributed by atoms with Gasteiger partial charge in [-0.2, -0.15) is 5.10 Å². The van der Waals surface area contributed by atoms with Crippen LogP contribution in [0.15, 0.2) is 53.6 Å². The zero-order valence-corrected chi connectivity index (χ0v) is 10.4. The number of hydrogen-bond donors (Lipinski definition) is 1. The minimum atomic E-state index is -0.424. The van der Waals surface area contributed by atoms with E-state index in [1.165, 1.54) is 12.1 Å². The zero-order valence-electron chi connectivity index (χ0n) is 10.4. The van der Waals surface area contributed by atoms with Crippen LogP contribution < -0.4 is 5.43 Å². The second-order valence-corrected chi connectivity index (χ2v) is 4.04. The van der Waals surface area contributed by atoms with Gasteiger partial charge in [-0.1, -0.05) is 30.3 Å². The molecular weight excluding hydrogens is 242 g/mol. The molecular formula is C14H13N3O2. The molecule has 0 heterocycles. The largest absolute Gasteiger partial charge is 0.278 e. The maximum atomic E-state index is 10.6. The molecule has 96 valence electrons. The summed E-state index contributed by atoms with van der Waals surface area (Å²) >= 11 is 0. The highest BCUT2D eigenvalue weighted by atomic mass is 16.6. The molecule has 19 heavy (non-hydrogen) atoms. The minimum absolute atomic E-state index is 0.0554. The lowest BCUT2D eigenvalue weighted by molar-refractivity contribution is -0.384. The first-order valence-corrected chi connectivity index (χ1v) is 5.76. The molecule has 0 aliphatic carbocycles. The first kappa shape index (κ1) is 12.8. The van der Waals surface area contributed by atoms with E-state index in [0.29, 0.717) is 5.56 Å². The molecule has 0 fully saturated rings. The molecule has 5 nitrogen and oxygen atoms in total. The van der Waals surface area contributed by atoms with Crippen molar-refractivity contribution in [3.63, 3.8) is 0 Å². The van der Waals surface area contributed by atoms with Crippen LogP contribution in [0.25, 0.3) is 0 Å². The Morgan fingerprint density at radius 3 is 2.74 bits per heavy atom. The number of nitro groups is 1. The number of nitrogens with one attached hydrogen (secondary N) is 1. The average Bonchev–Trinajstić information content (AvgIpc) is 2.41. The van der Waals surface area contributed by atoms with Crippen molar-refractivity contribution in [3.05, 3.63) is 69.8 Å². The van der Waals surface area contributed by atoms with Crippen LogP contribution >= 0.6 is 0 Å². The normalized spacial score (nSPS) is 10.6. The van der Waals surface area contributed by atoms with Gasteiger partial charge in [0.2, 0.25) is 0 Å². The fraction of sp³-hybridized carbons (Fsp3) is 0.0714. The standard InChI is InChI=1S/C14H13N3O2/c1-11-5-2-3-8-14(11)16-15-10-12-6-4-7-13(9-12)17(18)19/h2-10,16H,1H3/b15-10+. The SMILES string of the molecule is Cc1ccccc1N/N=C/c1cccc([N+](=O)[O-])c1. The van der Waals surface area contributed by atoms with Crippen LogP contribution in [0.1, 0.15) is 11.1 Å². The Morgan fingerprint density at radius 2 is 2.00 bits per heavy atom. The number of aryl methyl sites for hydroxylation is 1. The van der Waals surface area contributed by atoms with Crippen molar-refractivity contribution < 1.29 is 4.92 Å². The molecule has 1 N–H and O–H groups in total. The van der Waals surface area contributed by atoms with E-state index in [0.717, 1.165) is 11.3 Å². The van der Waals surface area contributed by atoms with E-state index in [-0.39, 0.29) is 5.69 Å². The molecule has 0 saturated carbocycles. The highest BCUT2D eigenvalue weighted by molar-refractivity contribution is 5.81. The molecule has 0 aliphatic rings. The van der Waals surface area contributed by atoms with Crippen molar-refractivity contribution in [2.45, 2.75) is 6.92 Å². The molecule has 0 saturated heterocycles. The Bertz CT molecular complexity index is 624. The monoisotopic (exact) mass is 255 g/mol. The summed E-state index contributed by atoms with van der Waals surface area (Å²) in [5.74, 6) is 0. The molecule has 0 spiro atoms. The summed E-state index contributed by atoms with van der Waals surface area (Å²) in [6.45, 7) is 1.98. The van der Waals surface area contributed by atoms with E-state index in [1.807, 2.05) is 31.2 Å². The van der Waals surface area contributed by atoms with Crippen molar-refractivity contribution in [1.82, 2.24) is 0 Å². The number of hydrazone groups is 1. The third-order valence-electron chi connectivity index (χ3n) is 2.62. The Morgan fingerprint density at radius 1 is 1.21 bits per heavy atom. The molecule has 0 radical (unpaired) electrons. The minimum Gasteiger partial charge on any atom is -0.278 e. The first-order chi connectivity index (χ1) is 9.16. The smallest absolute Gasteiger partial charge is 0.270 e. The van der Waals surface area contributed by atoms with E-state index >= 15 is 0 Å². The summed E-state index contributed by atoms with van der Waals surface area (Å²) in [6.07, 6.45) is 1.56. The van der Waals surface area contributed by atoms with Crippen LogP contribution in [0.4, 0.5) is 11.4 Å². The van der Waals surface area contributed by atoms with Gasteiger partial charge in [0.15, 0.2) is 0 Å². The number of nitro benzene ring substituents is 1. The molecule has 0 bridgehead atoms. The van der Waals surface area contributed by atoms with Crippen molar-refractivity contribution in [3.8, 4) is 0 Å². The number of benzene rings is 2. The van der Waals surface area contributed by atoms with Crippen LogP contribution in [0.3, 0.4) is 0 Å². The predicted octanol–water partition coefficient (Wildman–Crippen LogP) is 3.35. The van der Waals surface area contributed by atoms with Gasteiger partial charge in [0.25, 0.3) is 5.69 Å². The van der Waals surface area contributed by atoms with Crippen molar-refractivity contribution in [1.29, 1.82) is 0 Å². The number of para-hydroxylation sites is 1. The van der Waals surface area contributed by atoms with Crippen LogP contribution in [0.2, 0.25) is 0 Å². The molecule has 0 amide bonds. The Balaban J connectivity index is 2.09. The first-order valence-electron chi connectivity index (χ1n) is 5.76. The van der Waals surface area contributed by atoms with Crippen LogP contribution in [-0.4, -0.2) is 11.1 Å². The third-order valence-corrected chi connectivity index (χ3v) is 2.62. The highest BCUT2D eigenvalue weighted by Crippen LogP contribution is 2.14. The van der Waals surface area contributed by atoms with Crippen molar-refractivity contribution >= 4 is 17.6 Å². The third kappa shape index (κ3) is 3.38. The molecule has 0 atom stereocenters. The van der Waals surface area contributed by atoms with E-state index in [1.54, 1.807) is 18.3 Å². The van der Waals surface area contributed by atoms with E-state index < -0.39 is 4.92 Å². The van der Waals surface area contributed by atoms with E-state index in [4.69, 9.17) is 0 Å². The summed E-state index contributed by atoms with van der Waals surface area (Å²) in [5.41, 5.74) is 5.63. The fourth-order valence-corrected chi connectivity index (χ4v) is 1.59. The second kappa shape index (κ2) is 5.77. The van der Waals surface area contributed by atoms with Crippen molar-refractivity contribution in [2.75, 3.05) is 5.43 Å². The Labute approximate surface area is 110 Å². The summed E-state index contributed by atoms with van der Waals surface area (Å²) in [6, 6.07) is 14.1. The molecule has 0 aliphatic heterocycles. The number of rotatable bonds is 4. The number of non-ortho nitro benzene ring substituents is 1. The number of hydrogen-bond acceptors (Lipinski definition) is 4. The second-order valence-electron chi connectivity index (χ2n) is 4.04. The molecule has 2 rings (SSSR count). The number of nitrogens with zero attached hydrogens (tertiary/aromatic N) is 2. The average molecular weight is 255 g/mol. The van der Waals surface area contributed by atoms with Crippen LogP contribution in [0, 0.1) is 17.0 Å². The maximum Gasteiger partial charge on any atom is 0.270 e. The summed E-state index contributed by atoms with van der Waals surface area (Å²) in [4.78, 5) is 10.2.